The van der Waals surface area contributed by atoms with Crippen LogP contribution in [-0.4, -0.2) is 43.4 Å². The first-order valence-corrected chi connectivity index (χ1v) is 11.2. The fraction of sp³-hybridized carbons (Fsp3) is 0.435. The molecule has 158 valence electrons. The molecular formula is C23H27N3O3S. The molecule has 2 atom stereocenters. The van der Waals surface area contributed by atoms with Gasteiger partial charge in [0.05, 0.1) is 22.9 Å². The number of anilines is 1. The third kappa shape index (κ3) is 3.46. The van der Waals surface area contributed by atoms with E-state index in [0.29, 0.717) is 18.3 Å². The van der Waals surface area contributed by atoms with Gasteiger partial charge in [0.25, 0.3) is 0 Å². The van der Waals surface area contributed by atoms with Gasteiger partial charge in [-0.3, -0.25) is 0 Å². The van der Waals surface area contributed by atoms with Crippen LogP contribution in [-0.2, 0) is 0 Å². The Morgan fingerprint density at radius 2 is 1.97 bits per heavy atom. The third-order valence-corrected chi connectivity index (χ3v) is 7.53. The summed E-state index contributed by atoms with van der Waals surface area (Å²) < 4.78 is 18.8. The molecule has 2 aliphatic heterocycles. The zero-order chi connectivity index (χ0) is 20.7. The first-order valence-electron chi connectivity index (χ1n) is 10.4. The summed E-state index contributed by atoms with van der Waals surface area (Å²) in [7, 11) is 1.65. The van der Waals surface area contributed by atoms with E-state index in [4.69, 9.17) is 24.9 Å². The molecule has 0 aliphatic carbocycles. The number of aromatic nitrogens is 1. The van der Waals surface area contributed by atoms with E-state index in [1.807, 2.05) is 24.3 Å². The number of thiazole rings is 1. The number of ether oxygens (including phenoxy) is 3. The molecule has 0 saturated carbocycles. The first kappa shape index (κ1) is 19.5. The van der Waals surface area contributed by atoms with Crippen LogP contribution in [0.2, 0.25) is 0 Å². The van der Waals surface area contributed by atoms with Gasteiger partial charge < -0.3 is 24.8 Å². The normalized spacial score (nSPS) is 21.4. The summed E-state index contributed by atoms with van der Waals surface area (Å²) in [5.74, 6) is 2.55. The molecule has 3 aromatic rings. The average Bonchev–Trinajstić information content (AvgIpc) is 3.22. The largest absolute Gasteiger partial charge is 0.497 e. The molecule has 1 saturated heterocycles. The lowest BCUT2D eigenvalue weighted by molar-refractivity contribution is 0.00917. The minimum atomic E-state index is -0.486. The molecule has 2 aromatic carbocycles. The van der Waals surface area contributed by atoms with E-state index in [9.17, 15) is 0 Å². The predicted molar refractivity (Wildman–Crippen MR) is 120 cm³/mol. The van der Waals surface area contributed by atoms with Crippen LogP contribution in [0.1, 0.15) is 19.8 Å². The van der Waals surface area contributed by atoms with Crippen molar-refractivity contribution in [1.82, 2.24) is 4.98 Å². The van der Waals surface area contributed by atoms with E-state index in [2.05, 4.69) is 30.0 Å². The van der Waals surface area contributed by atoms with E-state index < -0.39 is 5.54 Å². The van der Waals surface area contributed by atoms with E-state index >= 15 is 0 Å². The SMILES string of the molecule is COc1ccc2c(c1)OC(C(C)(N)C1CCN(c3nc4ccccc4s3)CC1)CO2. The molecule has 5 rings (SSSR count). The van der Waals surface area contributed by atoms with Crippen molar-refractivity contribution < 1.29 is 14.2 Å². The number of hydrogen-bond acceptors (Lipinski definition) is 7. The molecule has 1 aromatic heterocycles. The number of fused-ring (bicyclic) bond motifs is 2. The van der Waals surface area contributed by atoms with Crippen molar-refractivity contribution in [3.8, 4) is 17.2 Å². The fourth-order valence-electron chi connectivity index (χ4n) is 4.44. The summed E-state index contributed by atoms with van der Waals surface area (Å²) in [5.41, 5.74) is 7.46. The number of benzene rings is 2. The third-order valence-electron chi connectivity index (χ3n) is 6.43. The lowest BCUT2D eigenvalue weighted by atomic mass is 9.76. The average molecular weight is 426 g/mol. The zero-order valence-corrected chi connectivity index (χ0v) is 18.2. The van der Waals surface area contributed by atoms with Crippen molar-refractivity contribution in [3.05, 3.63) is 42.5 Å². The van der Waals surface area contributed by atoms with Gasteiger partial charge in [0.1, 0.15) is 12.4 Å². The van der Waals surface area contributed by atoms with Crippen molar-refractivity contribution in [2.45, 2.75) is 31.4 Å². The van der Waals surface area contributed by atoms with Gasteiger partial charge in [0.2, 0.25) is 0 Å². The number of para-hydroxylation sites is 1. The summed E-state index contributed by atoms with van der Waals surface area (Å²) in [5, 5.41) is 1.10. The highest BCUT2D eigenvalue weighted by molar-refractivity contribution is 7.22. The Morgan fingerprint density at radius 1 is 1.17 bits per heavy atom. The van der Waals surface area contributed by atoms with Crippen LogP contribution in [0.4, 0.5) is 5.13 Å². The summed E-state index contributed by atoms with van der Waals surface area (Å²) in [6.45, 7) is 4.47. The molecule has 2 unspecified atom stereocenters. The number of hydrogen-bond donors (Lipinski definition) is 1. The molecule has 0 amide bonds. The highest BCUT2D eigenvalue weighted by atomic mass is 32.1. The maximum Gasteiger partial charge on any atom is 0.186 e. The highest BCUT2D eigenvalue weighted by Gasteiger charge is 2.43. The van der Waals surface area contributed by atoms with Crippen molar-refractivity contribution in [1.29, 1.82) is 0 Å². The second-order valence-corrected chi connectivity index (χ2v) is 9.33. The standard InChI is InChI=1S/C23H27N3O3S/c1-23(24,21-14-28-18-8-7-16(27-2)13-19(18)29-21)15-9-11-26(12-10-15)22-25-17-5-3-4-6-20(17)30-22/h3-8,13,15,21H,9-12,14,24H2,1-2H3. The Bertz CT molecular complexity index is 1010. The minimum absolute atomic E-state index is 0.198. The van der Waals surface area contributed by atoms with Crippen LogP contribution in [0.3, 0.4) is 0 Å². The topological polar surface area (TPSA) is 69.8 Å². The molecule has 7 heteroatoms. The number of methoxy groups -OCH3 is 1. The van der Waals surface area contributed by atoms with E-state index in [-0.39, 0.29) is 6.10 Å². The first-order chi connectivity index (χ1) is 14.5. The summed E-state index contributed by atoms with van der Waals surface area (Å²) in [4.78, 5) is 7.20. The highest BCUT2D eigenvalue weighted by Crippen LogP contribution is 2.40. The second-order valence-electron chi connectivity index (χ2n) is 8.32. The Kier molecular flexibility index (Phi) is 4.95. The predicted octanol–water partition coefficient (Wildman–Crippen LogP) is 4.08. The summed E-state index contributed by atoms with van der Waals surface area (Å²) in [6, 6.07) is 13.9. The minimum Gasteiger partial charge on any atom is -0.497 e. The van der Waals surface area contributed by atoms with Gasteiger partial charge in [0.15, 0.2) is 22.7 Å². The van der Waals surface area contributed by atoms with Gasteiger partial charge in [-0.05, 0) is 49.9 Å². The molecule has 3 heterocycles. The lowest BCUT2D eigenvalue weighted by Gasteiger charge is -2.45. The van der Waals surface area contributed by atoms with Crippen LogP contribution in [0.15, 0.2) is 42.5 Å². The van der Waals surface area contributed by atoms with Gasteiger partial charge in [-0.1, -0.05) is 23.5 Å². The molecule has 30 heavy (non-hydrogen) atoms. The Hall–Kier alpha value is -2.51. The fourth-order valence-corrected chi connectivity index (χ4v) is 5.45. The molecule has 0 bridgehead atoms. The maximum atomic E-state index is 6.87. The molecule has 0 radical (unpaired) electrons. The monoisotopic (exact) mass is 425 g/mol. The van der Waals surface area contributed by atoms with Crippen LogP contribution in [0.5, 0.6) is 17.2 Å². The number of nitrogens with zero attached hydrogens (tertiary/aromatic N) is 2. The molecule has 2 N–H and O–H groups in total. The molecular weight excluding hydrogens is 398 g/mol. The van der Waals surface area contributed by atoms with Crippen LogP contribution >= 0.6 is 11.3 Å². The Morgan fingerprint density at radius 3 is 2.73 bits per heavy atom. The number of piperidine rings is 1. The quantitative estimate of drug-likeness (QED) is 0.679. The van der Waals surface area contributed by atoms with Crippen molar-refractivity contribution in [2.24, 2.45) is 11.7 Å². The Balaban J connectivity index is 1.27. The second kappa shape index (κ2) is 7.63. The van der Waals surface area contributed by atoms with Crippen LogP contribution < -0.4 is 24.8 Å². The summed E-state index contributed by atoms with van der Waals surface area (Å²) in [6.07, 6.45) is 1.82. The van der Waals surface area contributed by atoms with Crippen molar-refractivity contribution in [2.75, 3.05) is 31.7 Å². The lowest BCUT2D eigenvalue weighted by Crippen LogP contribution is -2.61. The number of rotatable bonds is 4. The van der Waals surface area contributed by atoms with Crippen LogP contribution in [0.25, 0.3) is 10.2 Å². The van der Waals surface area contributed by atoms with Gasteiger partial charge in [-0.15, -0.1) is 0 Å². The molecule has 6 nitrogen and oxygen atoms in total. The van der Waals surface area contributed by atoms with E-state index in [1.54, 1.807) is 18.4 Å². The molecule has 1 fully saturated rings. The van der Waals surface area contributed by atoms with E-state index in [0.717, 1.165) is 48.1 Å². The number of nitrogens with two attached hydrogens (primary N) is 1. The molecule has 2 aliphatic rings. The van der Waals surface area contributed by atoms with Crippen LogP contribution in [0, 0.1) is 5.92 Å². The maximum absolute atomic E-state index is 6.87. The summed E-state index contributed by atoms with van der Waals surface area (Å²) >= 11 is 1.76. The smallest absolute Gasteiger partial charge is 0.186 e. The van der Waals surface area contributed by atoms with Gasteiger partial charge in [-0.25, -0.2) is 4.98 Å². The zero-order valence-electron chi connectivity index (χ0n) is 17.3. The molecule has 0 spiro atoms. The van der Waals surface area contributed by atoms with Crippen molar-refractivity contribution in [3.63, 3.8) is 0 Å². The van der Waals surface area contributed by atoms with Gasteiger partial charge in [-0.2, -0.15) is 0 Å². The van der Waals surface area contributed by atoms with Gasteiger partial charge >= 0.3 is 0 Å². The van der Waals surface area contributed by atoms with Gasteiger partial charge in [0, 0.05) is 19.2 Å². The van der Waals surface area contributed by atoms with E-state index in [1.165, 1.54) is 4.70 Å². The van der Waals surface area contributed by atoms with Crippen molar-refractivity contribution >= 4 is 26.7 Å². The Labute approximate surface area is 180 Å².